The Kier molecular flexibility index (Phi) is 17.7. The summed E-state index contributed by atoms with van der Waals surface area (Å²) in [6, 6.07) is 0. The van der Waals surface area contributed by atoms with E-state index >= 15 is 0 Å². The van der Waals surface area contributed by atoms with Crippen LogP contribution >= 0.6 is 0 Å². The molecule has 0 spiro atoms. The summed E-state index contributed by atoms with van der Waals surface area (Å²) in [5.74, 6) is 0. The molecule has 0 amide bonds. The molecule has 4 atom stereocenters. The Morgan fingerprint density at radius 3 is 1.97 bits per heavy atom. The van der Waals surface area contributed by atoms with E-state index in [2.05, 4.69) is 19.1 Å². The van der Waals surface area contributed by atoms with Gasteiger partial charge in [-0.05, 0) is 32.1 Å². The van der Waals surface area contributed by atoms with Crippen molar-refractivity contribution >= 4 is 0 Å². The molecule has 178 valence electrons. The zero-order valence-electron chi connectivity index (χ0n) is 19.4. The highest BCUT2D eigenvalue weighted by Gasteiger charge is 2.40. The molecule has 0 radical (unpaired) electrons. The quantitative estimate of drug-likeness (QED) is 0.190. The van der Waals surface area contributed by atoms with E-state index in [1.165, 1.54) is 83.5 Å². The third kappa shape index (κ3) is 13.1. The van der Waals surface area contributed by atoms with Crippen molar-refractivity contribution in [3.63, 3.8) is 0 Å². The van der Waals surface area contributed by atoms with Gasteiger partial charge in [0.1, 0.15) is 24.4 Å². The highest BCUT2D eigenvalue weighted by atomic mass is 16.6. The summed E-state index contributed by atoms with van der Waals surface area (Å²) in [6.45, 7) is 2.74. The molecule has 0 aromatic rings. The van der Waals surface area contributed by atoms with Crippen LogP contribution in [0.5, 0.6) is 0 Å². The Labute approximate surface area is 184 Å². The van der Waals surface area contributed by atoms with E-state index in [4.69, 9.17) is 14.6 Å². The fourth-order valence-electron chi connectivity index (χ4n) is 3.97. The van der Waals surface area contributed by atoms with Crippen LogP contribution in [-0.4, -0.2) is 59.6 Å². The minimum absolute atomic E-state index is 0.274. The van der Waals surface area contributed by atoms with E-state index in [-0.39, 0.29) is 6.61 Å². The number of rotatable bonds is 20. The molecule has 1 aliphatic heterocycles. The lowest BCUT2D eigenvalue weighted by Crippen LogP contribution is -2.41. The lowest BCUT2D eigenvalue weighted by atomic mass is 10.1. The van der Waals surface area contributed by atoms with Crippen molar-refractivity contribution < 1.29 is 24.8 Å². The predicted molar refractivity (Wildman–Crippen MR) is 123 cm³/mol. The molecule has 0 bridgehead atoms. The first-order valence-corrected chi connectivity index (χ1v) is 12.6. The number of hydrogen-bond acceptors (Lipinski definition) is 5. The largest absolute Gasteiger partial charge is 0.394 e. The smallest absolute Gasteiger partial charge is 0.114 e. The van der Waals surface area contributed by atoms with Crippen molar-refractivity contribution in [3.8, 4) is 0 Å². The standard InChI is InChI=1S/C25H48O5/c1-2-3-4-5-6-7-8-9-10-11-12-13-14-15-16-17-18-19-29-23-21-30-25(24(23)28)22(27)20-26/h9-10,22-28H,2-8,11-21H2,1H3/b10-9+/t22-,23+,24+,25+/m0/s1. The second-order valence-electron chi connectivity index (χ2n) is 8.74. The van der Waals surface area contributed by atoms with E-state index in [0.717, 1.165) is 12.8 Å². The summed E-state index contributed by atoms with van der Waals surface area (Å²) >= 11 is 0. The van der Waals surface area contributed by atoms with Gasteiger partial charge in [0.15, 0.2) is 0 Å². The molecular formula is C25H48O5. The van der Waals surface area contributed by atoms with Gasteiger partial charge in [-0.25, -0.2) is 0 Å². The van der Waals surface area contributed by atoms with Crippen molar-refractivity contribution in [2.75, 3.05) is 19.8 Å². The average Bonchev–Trinajstić information content (AvgIpc) is 3.12. The molecule has 0 aliphatic carbocycles. The highest BCUT2D eigenvalue weighted by Crippen LogP contribution is 2.20. The first-order chi connectivity index (χ1) is 14.7. The van der Waals surface area contributed by atoms with Crippen LogP contribution in [0.2, 0.25) is 0 Å². The molecule has 0 saturated carbocycles. The molecule has 3 N–H and O–H groups in total. The highest BCUT2D eigenvalue weighted by molar-refractivity contribution is 4.88. The molecule has 5 heteroatoms. The third-order valence-corrected chi connectivity index (χ3v) is 5.97. The molecule has 0 aromatic carbocycles. The Balaban J connectivity index is 1.81. The van der Waals surface area contributed by atoms with Crippen LogP contribution in [-0.2, 0) is 9.47 Å². The maximum absolute atomic E-state index is 10.1. The molecule has 30 heavy (non-hydrogen) atoms. The molecule has 1 fully saturated rings. The van der Waals surface area contributed by atoms with Crippen LogP contribution in [0.15, 0.2) is 12.2 Å². The molecule has 0 unspecified atom stereocenters. The van der Waals surface area contributed by atoms with E-state index in [1.807, 2.05) is 0 Å². The first-order valence-electron chi connectivity index (χ1n) is 12.6. The van der Waals surface area contributed by atoms with Crippen molar-refractivity contribution in [2.24, 2.45) is 0 Å². The molecule has 1 heterocycles. The normalized spacial score (nSPS) is 22.9. The first kappa shape index (κ1) is 27.6. The topological polar surface area (TPSA) is 79.2 Å². The third-order valence-electron chi connectivity index (χ3n) is 5.97. The maximum Gasteiger partial charge on any atom is 0.114 e. The van der Waals surface area contributed by atoms with Gasteiger partial charge < -0.3 is 24.8 Å². The van der Waals surface area contributed by atoms with Crippen LogP contribution in [0.1, 0.15) is 103 Å². The van der Waals surface area contributed by atoms with E-state index in [1.54, 1.807) is 0 Å². The number of ether oxygens (including phenoxy) is 2. The molecular weight excluding hydrogens is 380 g/mol. The van der Waals surface area contributed by atoms with Gasteiger partial charge in [-0.15, -0.1) is 0 Å². The fraction of sp³-hybridized carbons (Fsp3) is 0.920. The van der Waals surface area contributed by atoms with Crippen LogP contribution in [0.3, 0.4) is 0 Å². The number of aliphatic hydroxyl groups is 3. The van der Waals surface area contributed by atoms with Crippen molar-refractivity contribution in [2.45, 2.75) is 128 Å². The van der Waals surface area contributed by atoms with Crippen LogP contribution in [0.25, 0.3) is 0 Å². The number of unbranched alkanes of at least 4 members (excludes halogenated alkanes) is 13. The predicted octanol–water partition coefficient (Wildman–Crippen LogP) is 4.91. The van der Waals surface area contributed by atoms with Gasteiger partial charge >= 0.3 is 0 Å². The zero-order chi connectivity index (χ0) is 21.9. The molecule has 5 nitrogen and oxygen atoms in total. The lowest BCUT2D eigenvalue weighted by Gasteiger charge is -2.20. The number of aliphatic hydroxyl groups excluding tert-OH is 3. The second-order valence-corrected chi connectivity index (χ2v) is 8.74. The monoisotopic (exact) mass is 428 g/mol. The van der Waals surface area contributed by atoms with Gasteiger partial charge in [0.05, 0.1) is 13.2 Å². The van der Waals surface area contributed by atoms with Crippen LogP contribution in [0, 0.1) is 0 Å². The number of allylic oxidation sites excluding steroid dienone is 2. The van der Waals surface area contributed by atoms with Gasteiger partial charge in [-0.1, -0.05) is 83.3 Å². The number of hydrogen-bond donors (Lipinski definition) is 3. The zero-order valence-corrected chi connectivity index (χ0v) is 19.4. The Morgan fingerprint density at radius 1 is 0.867 bits per heavy atom. The Morgan fingerprint density at radius 2 is 1.40 bits per heavy atom. The maximum atomic E-state index is 10.1. The van der Waals surface area contributed by atoms with Crippen LogP contribution in [0.4, 0.5) is 0 Å². The van der Waals surface area contributed by atoms with Crippen molar-refractivity contribution in [1.29, 1.82) is 0 Å². The molecule has 1 rings (SSSR count). The second kappa shape index (κ2) is 19.2. The van der Waals surface area contributed by atoms with Crippen LogP contribution < -0.4 is 0 Å². The SMILES string of the molecule is CCCCCCCC/C=C/CCCCCCCCCO[C@@H]1CO[C@H]([C@@H](O)CO)[C@@H]1O. The molecule has 0 aromatic heterocycles. The van der Waals surface area contributed by atoms with E-state index in [0.29, 0.717) is 6.61 Å². The van der Waals surface area contributed by atoms with Gasteiger partial charge in [0, 0.05) is 6.61 Å². The summed E-state index contributed by atoms with van der Waals surface area (Å²) in [6.07, 6.45) is 21.0. The fourth-order valence-corrected chi connectivity index (χ4v) is 3.97. The average molecular weight is 429 g/mol. The van der Waals surface area contributed by atoms with Crippen molar-refractivity contribution in [1.82, 2.24) is 0 Å². The summed E-state index contributed by atoms with van der Waals surface area (Å²) in [5.41, 5.74) is 0. The molecule has 1 saturated heterocycles. The summed E-state index contributed by atoms with van der Waals surface area (Å²) in [7, 11) is 0. The lowest BCUT2D eigenvalue weighted by molar-refractivity contribution is -0.0730. The minimum Gasteiger partial charge on any atom is -0.394 e. The van der Waals surface area contributed by atoms with Gasteiger partial charge in [0.25, 0.3) is 0 Å². The van der Waals surface area contributed by atoms with Gasteiger partial charge in [-0.3, -0.25) is 0 Å². The van der Waals surface area contributed by atoms with E-state index < -0.39 is 31.0 Å². The van der Waals surface area contributed by atoms with Gasteiger partial charge in [0.2, 0.25) is 0 Å². The molecule has 1 aliphatic rings. The van der Waals surface area contributed by atoms with Crippen molar-refractivity contribution in [3.05, 3.63) is 12.2 Å². The summed E-state index contributed by atoms with van der Waals surface area (Å²) in [4.78, 5) is 0. The Bertz CT molecular complexity index is 401. The Hall–Kier alpha value is -0.460. The van der Waals surface area contributed by atoms with E-state index in [9.17, 15) is 10.2 Å². The summed E-state index contributed by atoms with van der Waals surface area (Å²) < 4.78 is 11.0. The van der Waals surface area contributed by atoms with Gasteiger partial charge in [-0.2, -0.15) is 0 Å². The minimum atomic E-state index is -1.05. The summed E-state index contributed by atoms with van der Waals surface area (Å²) in [5, 5.41) is 28.6.